The molecule has 19 heavy (non-hydrogen) atoms. The minimum Gasteiger partial charge on any atom is -0.387 e. The molecule has 0 aromatic carbocycles. The number of nitrogens with one attached hydrogen (secondary N) is 2. The Morgan fingerprint density at radius 1 is 1.37 bits per heavy atom. The van der Waals surface area contributed by atoms with Crippen LogP contribution in [-0.2, 0) is 0 Å². The van der Waals surface area contributed by atoms with Crippen molar-refractivity contribution < 1.29 is 0 Å². The highest BCUT2D eigenvalue weighted by Gasteiger charge is 2.13. The number of hydrogen-bond donors (Lipinski definition) is 2. The van der Waals surface area contributed by atoms with Gasteiger partial charge < -0.3 is 5.32 Å². The molecule has 0 unspecified atom stereocenters. The van der Waals surface area contributed by atoms with Crippen LogP contribution in [0.5, 0.6) is 0 Å². The number of hydrogen-bond acceptors (Lipinski definition) is 5. The van der Waals surface area contributed by atoms with Gasteiger partial charge in [-0.2, -0.15) is 5.10 Å². The first-order chi connectivity index (χ1) is 9.38. The van der Waals surface area contributed by atoms with Gasteiger partial charge in [-0.15, -0.1) is 0 Å². The Kier molecular flexibility index (Phi) is 3.33. The van der Waals surface area contributed by atoms with Gasteiger partial charge in [-0.25, -0.2) is 9.97 Å². The molecule has 2 N–H and O–H groups in total. The summed E-state index contributed by atoms with van der Waals surface area (Å²) in [6.07, 6.45) is 11.7. The van der Waals surface area contributed by atoms with E-state index in [9.17, 15) is 0 Å². The van der Waals surface area contributed by atoms with E-state index in [1.165, 1.54) is 11.8 Å². The molecule has 0 bridgehead atoms. The smallest absolute Gasteiger partial charge is 0.187 e. The van der Waals surface area contributed by atoms with Crippen molar-refractivity contribution >= 4 is 17.3 Å². The monoisotopic (exact) mass is 271 g/mol. The summed E-state index contributed by atoms with van der Waals surface area (Å²) in [6.45, 7) is 0.858. The summed E-state index contributed by atoms with van der Waals surface area (Å²) >= 11 is 1.53. The van der Waals surface area contributed by atoms with Gasteiger partial charge in [-0.05, 0) is 12.3 Å². The molecule has 6 heteroatoms. The Labute approximate surface area is 115 Å². The van der Waals surface area contributed by atoms with E-state index in [4.69, 9.17) is 0 Å². The fourth-order valence-electron chi connectivity index (χ4n) is 1.92. The molecule has 0 spiro atoms. The van der Waals surface area contributed by atoms with Crippen LogP contribution in [0.2, 0.25) is 0 Å². The number of nitrogens with zero attached hydrogens (tertiary/aromatic N) is 3. The van der Waals surface area contributed by atoms with E-state index in [0.29, 0.717) is 0 Å². The molecule has 2 aromatic rings. The molecule has 5 nitrogen and oxygen atoms in total. The fourth-order valence-corrected chi connectivity index (χ4v) is 2.27. The van der Waals surface area contributed by atoms with Crippen molar-refractivity contribution in [2.45, 2.75) is 5.16 Å². The van der Waals surface area contributed by atoms with Crippen molar-refractivity contribution in [2.24, 2.45) is 0 Å². The third kappa shape index (κ3) is 2.39. The Bertz CT molecular complexity index is 644. The highest BCUT2D eigenvalue weighted by Crippen LogP contribution is 2.27. The lowest BCUT2D eigenvalue weighted by atomic mass is 10.1. The fraction of sp³-hybridized carbons (Fsp3) is 0.154. The summed E-state index contributed by atoms with van der Waals surface area (Å²) in [4.78, 5) is 8.70. The van der Waals surface area contributed by atoms with Gasteiger partial charge in [0, 0.05) is 30.1 Å². The first-order valence-electron chi connectivity index (χ1n) is 5.90. The Morgan fingerprint density at radius 2 is 2.32 bits per heavy atom. The summed E-state index contributed by atoms with van der Waals surface area (Å²) in [7, 11) is 0. The summed E-state index contributed by atoms with van der Waals surface area (Å²) in [5, 5.41) is 11.1. The van der Waals surface area contributed by atoms with Crippen molar-refractivity contribution in [3.8, 4) is 11.3 Å². The third-order valence-corrected chi connectivity index (χ3v) is 3.37. The zero-order valence-electron chi connectivity index (χ0n) is 10.4. The van der Waals surface area contributed by atoms with Crippen molar-refractivity contribution in [1.29, 1.82) is 0 Å². The predicted molar refractivity (Wildman–Crippen MR) is 76.5 cm³/mol. The van der Waals surface area contributed by atoms with Gasteiger partial charge in [-0.3, -0.25) is 5.10 Å². The molecular weight excluding hydrogens is 258 g/mol. The molecule has 3 rings (SSSR count). The van der Waals surface area contributed by atoms with Crippen molar-refractivity contribution in [1.82, 2.24) is 25.5 Å². The van der Waals surface area contributed by atoms with Crippen LogP contribution in [0.3, 0.4) is 0 Å². The molecule has 0 aliphatic carbocycles. The lowest BCUT2D eigenvalue weighted by Gasteiger charge is -2.09. The largest absolute Gasteiger partial charge is 0.387 e. The van der Waals surface area contributed by atoms with Crippen LogP contribution in [0.25, 0.3) is 16.8 Å². The first-order valence-corrected chi connectivity index (χ1v) is 7.12. The summed E-state index contributed by atoms with van der Waals surface area (Å²) in [5.41, 5.74) is 3.90. The standard InChI is InChI=1S/C13H13N5S/c1-19-13-15-6-4-11(17-13)10-8-16-18-12(10)9-3-2-5-14-7-9/h2-4,6-8,14H,5H2,1H3,(H,16,18). The first kappa shape index (κ1) is 12.0. The normalized spacial score (nSPS) is 14.1. The second kappa shape index (κ2) is 5.27. The topological polar surface area (TPSA) is 66.5 Å². The van der Waals surface area contributed by atoms with Gasteiger partial charge in [-0.1, -0.05) is 23.9 Å². The van der Waals surface area contributed by atoms with Crippen LogP contribution in [-0.4, -0.2) is 33.0 Å². The van der Waals surface area contributed by atoms with Crippen LogP contribution in [0.4, 0.5) is 0 Å². The molecule has 0 atom stereocenters. The van der Waals surface area contributed by atoms with Crippen molar-refractivity contribution in [3.05, 3.63) is 42.5 Å². The van der Waals surface area contributed by atoms with E-state index in [1.54, 1.807) is 12.4 Å². The van der Waals surface area contributed by atoms with Crippen molar-refractivity contribution in [2.75, 3.05) is 12.8 Å². The number of aromatic nitrogens is 4. The maximum absolute atomic E-state index is 4.51. The van der Waals surface area contributed by atoms with Crippen LogP contribution in [0.15, 0.2) is 42.0 Å². The Balaban J connectivity index is 2.04. The summed E-state index contributed by atoms with van der Waals surface area (Å²) in [5.74, 6) is 0. The third-order valence-electron chi connectivity index (χ3n) is 2.81. The number of H-pyrrole nitrogens is 1. The average Bonchev–Trinajstić information content (AvgIpc) is 2.98. The number of allylic oxidation sites excluding steroid dienone is 2. The molecule has 0 amide bonds. The minimum atomic E-state index is 0.760. The lowest BCUT2D eigenvalue weighted by molar-refractivity contribution is 0.969. The highest BCUT2D eigenvalue weighted by atomic mass is 32.2. The highest BCUT2D eigenvalue weighted by molar-refractivity contribution is 7.98. The van der Waals surface area contributed by atoms with Gasteiger partial charge >= 0.3 is 0 Å². The predicted octanol–water partition coefficient (Wildman–Crippen LogP) is 2.09. The van der Waals surface area contributed by atoms with Crippen LogP contribution in [0, 0.1) is 0 Å². The summed E-state index contributed by atoms with van der Waals surface area (Å²) in [6, 6.07) is 1.90. The quantitative estimate of drug-likeness (QED) is 0.661. The van der Waals surface area contributed by atoms with Gasteiger partial charge in [0.05, 0.1) is 17.6 Å². The molecule has 96 valence electrons. The van der Waals surface area contributed by atoms with E-state index in [1.807, 2.05) is 18.5 Å². The molecule has 3 heterocycles. The zero-order chi connectivity index (χ0) is 13.1. The molecular formula is C13H13N5S. The van der Waals surface area contributed by atoms with Crippen LogP contribution < -0.4 is 5.32 Å². The van der Waals surface area contributed by atoms with E-state index >= 15 is 0 Å². The Hall–Kier alpha value is -2.08. The van der Waals surface area contributed by atoms with Crippen molar-refractivity contribution in [3.63, 3.8) is 0 Å². The molecule has 2 aromatic heterocycles. The van der Waals surface area contributed by atoms with E-state index in [2.05, 4.69) is 37.6 Å². The Morgan fingerprint density at radius 3 is 3.11 bits per heavy atom. The van der Waals surface area contributed by atoms with Gasteiger partial charge in [0.2, 0.25) is 0 Å². The lowest BCUT2D eigenvalue weighted by Crippen LogP contribution is -2.09. The number of aromatic amines is 1. The van der Waals surface area contributed by atoms with E-state index < -0.39 is 0 Å². The second-order valence-electron chi connectivity index (χ2n) is 4.00. The van der Waals surface area contributed by atoms with Gasteiger partial charge in [0.25, 0.3) is 0 Å². The van der Waals surface area contributed by atoms with Crippen LogP contribution in [0.1, 0.15) is 5.69 Å². The van der Waals surface area contributed by atoms with Gasteiger partial charge in [0.1, 0.15) is 0 Å². The zero-order valence-corrected chi connectivity index (χ0v) is 11.2. The number of dihydropyridines is 1. The summed E-state index contributed by atoms with van der Waals surface area (Å²) < 4.78 is 0. The van der Waals surface area contributed by atoms with Gasteiger partial charge in [0.15, 0.2) is 5.16 Å². The van der Waals surface area contributed by atoms with E-state index in [-0.39, 0.29) is 0 Å². The molecule has 1 aliphatic heterocycles. The maximum atomic E-state index is 4.51. The average molecular weight is 271 g/mol. The molecule has 0 saturated carbocycles. The molecule has 0 saturated heterocycles. The SMILES string of the molecule is CSc1nccc(-c2cn[nH]c2C2=CNCC=C2)n1. The number of thioether (sulfide) groups is 1. The molecule has 0 fully saturated rings. The van der Waals surface area contributed by atoms with Crippen LogP contribution >= 0.6 is 11.8 Å². The van der Waals surface area contributed by atoms with E-state index in [0.717, 1.165) is 34.2 Å². The second-order valence-corrected chi connectivity index (χ2v) is 4.77. The molecule has 0 radical (unpaired) electrons. The number of rotatable bonds is 3. The maximum Gasteiger partial charge on any atom is 0.187 e. The minimum absolute atomic E-state index is 0.760. The molecule has 1 aliphatic rings.